The molecule has 1 fully saturated rings. The second kappa shape index (κ2) is 11.0. The van der Waals surface area contributed by atoms with E-state index in [0.717, 1.165) is 16.6 Å². The Labute approximate surface area is 215 Å². The first-order valence-corrected chi connectivity index (χ1v) is 11.6. The van der Waals surface area contributed by atoms with E-state index in [2.05, 4.69) is 10.7 Å². The predicted molar refractivity (Wildman–Crippen MR) is 136 cm³/mol. The highest BCUT2D eigenvalue weighted by Gasteiger charge is 2.36. The molecule has 1 heterocycles. The van der Waals surface area contributed by atoms with Crippen molar-refractivity contribution >= 4 is 46.4 Å². The van der Waals surface area contributed by atoms with Crippen molar-refractivity contribution < 1.29 is 27.5 Å². The number of para-hydroxylation sites is 1. The number of carbonyl (C=O) groups excluding carboxylic acids is 2. The Morgan fingerprint density at radius 3 is 2.57 bits per heavy atom. The van der Waals surface area contributed by atoms with Crippen LogP contribution in [0.4, 0.5) is 40.7 Å². The lowest BCUT2D eigenvalue weighted by atomic mass is 10.1. The van der Waals surface area contributed by atoms with Gasteiger partial charge in [-0.15, -0.1) is 0 Å². The van der Waals surface area contributed by atoms with E-state index in [0.29, 0.717) is 5.69 Å². The highest BCUT2D eigenvalue weighted by atomic mass is 35.5. The van der Waals surface area contributed by atoms with Crippen LogP contribution in [0.2, 0.25) is 5.02 Å². The van der Waals surface area contributed by atoms with Crippen LogP contribution in [0.3, 0.4) is 0 Å². The maximum absolute atomic E-state index is 13.9. The Hall–Kier alpha value is -3.96. The number of alkyl halides is 3. The van der Waals surface area contributed by atoms with E-state index in [9.17, 15) is 22.8 Å². The molecule has 1 aliphatic heterocycles. The first-order valence-electron chi connectivity index (χ1n) is 11.2. The smallest absolute Gasteiger partial charge is 0.418 e. The zero-order valence-corrected chi connectivity index (χ0v) is 20.1. The van der Waals surface area contributed by atoms with E-state index < -0.39 is 23.7 Å². The average molecular weight is 534 g/mol. The summed E-state index contributed by atoms with van der Waals surface area (Å²) in [6.45, 7) is 0.0704. The Balaban J connectivity index is 1.65. The number of cyclic esters (lactones) is 1. The number of ether oxygens (including phenoxy) is 1. The summed E-state index contributed by atoms with van der Waals surface area (Å²) in [7, 11) is 0. The molecule has 37 heavy (non-hydrogen) atoms. The van der Waals surface area contributed by atoms with E-state index in [4.69, 9.17) is 22.1 Å². The van der Waals surface area contributed by atoms with Gasteiger partial charge in [-0.2, -0.15) is 13.2 Å². The number of urea groups is 1. The minimum atomic E-state index is -4.74. The molecule has 0 unspecified atom stereocenters. The van der Waals surface area contributed by atoms with Crippen LogP contribution in [0.5, 0.6) is 0 Å². The predicted octanol–water partition coefficient (Wildman–Crippen LogP) is 5.25. The lowest BCUT2D eigenvalue weighted by Gasteiger charge is -2.30. The van der Waals surface area contributed by atoms with Gasteiger partial charge in [0, 0.05) is 17.9 Å². The highest BCUT2D eigenvalue weighted by Crippen LogP contribution is 2.39. The van der Waals surface area contributed by atoms with E-state index >= 15 is 0 Å². The zero-order valence-electron chi connectivity index (χ0n) is 19.4. The molecule has 0 aromatic heterocycles. The van der Waals surface area contributed by atoms with Crippen molar-refractivity contribution in [3.63, 3.8) is 0 Å². The maximum Gasteiger partial charge on any atom is 0.418 e. The third-order valence-corrected chi connectivity index (χ3v) is 5.86. The molecule has 12 heteroatoms. The first kappa shape index (κ1) is 26.1. The van der Waals surface area contributed by atoms with Crippen LogP contribution >= 0.6 is 11.6 Å². The molecule has 0 atom stereocenters. The van der Waals surface area contributed by atoms with Gasteiger partial charge < -0.3 is 20.7 Å². The van der Waals surface area contributed by atoms with Crippen molar-refractivity contribution in [2.45, 2.75) is 12.7 Å². The Bertz CT molecular complexity index is 1300. The van der Waals surface area contributed by atoms with Gasteiger partial charge in [0.15, 0.2) is 0 Å². The van der Waals surface area contributed by atoms with E-state index in [1.54, 1.807) is 42.5 Å². The number of nitrogens with two attached hydrogens (primary N) is 1. The minimum absolute atomic E-state index is 0.0154. The van der Waals surface area contributed by atoms with Gasteiger partial charge in [0.25, 0.3) is 0 Å². The zero-order chi connectivity index (χ0) is 26.6. The highest BCUT2D eigenvalue weighted by molar-refractivity contribution is 6.34. The van der Waals surface area contributed by atoms with Gasteiger partial charge in [-0.25, -0.2) is 9.80 Å². The third-order valence-electron chi connectivity index (χ3n) is 5.54. The number of morpholine rings is 1. The Morgan fingerprint density at radius 1 is 1.08 bits per heavy atom. The second-order valence-corrected chi connectivity index (χ2v) is 8.51. The van der Waals surface area contributed by atoms with Crippen LogP contribution in [-0.2, 0) is 22.3 Å². The summed E-state index contributed by atoms with van der Waals surface area (Å²) in [4.78, 5) is 26.2. The van der Waals surface area contributed by atoms with Gasteiger partial charge in [-0.3, -0.25) is 10.2 Å². The number of benzene rings is 3. The molecule has 8 nitrogen and oxygen atoms in total. The van der Waals surface area contributed by atoms with Gasteiger partial charge in [-0.05, 0) is 48.0 Å². The van der Waals surface area contributed by atoms with Crippen LogP contribution in [0, 0.1) is 0 Å². The minimum Gasteiger partial charge on any atom is -0.462 e. The number of nitrogens with one attached hydrogen (secondary N) is 2. The molecule has 0 spiro atoms. The molecular weight excluding hydrogens is 511 g/mol. The summed E-state index contributed by atoms with van der Waals surface area (Å²) < 4.78 is 46.7. The van der Waals surface area contributed by atoms with Gasteiger partial charge in [0.2, 0.25) is 0 Å². The quantitative estimate of drug-likeness (QED) is 0.296. The third kappa shape index (κ3) is 6.25. The Morgan fingerprint density at radius 2 is 1.86 bits per heavy atom. The summed E-state index contributed by atoms with van der Waals surface area (Å²) in [5.41, 5.74) is 8.97. The molecule has 0 aliphatic carbocycles. The molecule has 4 rings (SSSR count). The number of rotatable bonds is 6. The molecule has 0 bridgehead atoms. The largest absolute Gasteiger partial charge is 0.462 e. The number of esters is 1. The summed E-state index contributed by atoms with van der Waals surface area (Å²) in [5.74, 6) is -0.614. The fraction of sp³-hybridized carbons (Fsp3) is 0.200. The first-order chi connectivity index (χ1) is 17.7. The number of anilines is 4. The molecule has 0 saturated carbocycles. The summed E-state index contributed by atoms with van der Waals surface area (Å²) in [6.07, 6.45) is -4.74. The summed E-state index contributed by atoms with van der Waals surface area (Å²) >= 11 is 6.32. The fourth-order valence-electron chi connectivity index (χ4n) is 3.80. The van der Waals surface area contributed by atoms with Crippen molar-refractivity contribution in [3.05, 3.63) is 82.9 Å². The molecule has 0 radical (unpaired) electrons. The number of hydrazine groups is 1. The van der Waals surface area contributed by atoms with Gasteiger partial charge in [0.05, 0.1) is 28.5 Å². The van der Waals surface area contributed by atoms with Crippen molar-refractivity contribution in [1.82, 2.24) is 0 Å². The maximum atomic E-state index is 13.9. The van der Waals surface area contributed by atoms with Gasteiger partial charge >= 0.3 is 18.2 Å². The Kier molecular flexibility index (Phi) is 7.74. The van der Waals surface area contributed by atoms with E-state index in [1.807, 2.05) is 6.07 Å². The lowest BCUT2D eigenvalue weighted by molar-refractivity contribution is -0.144. The number of halogens is 4. The fourth-order valence-corrected chi connectivity index (χ4v) is 4.02. The molecule has 2 amide bonds. The standard InChI is InChI=1S/C25H23ClF3N5O3/c26-20-6-1-2-7-22(20)34(32-18-5-3-4-16(12-18)14-30)24(36)31-17-8-9-21(19(13-17)25(27,28)29)33-10-11-37-23(35)15-33/h1-9,12-13,32H,10-11,14-15,30H2,(H,31,36). The molecule has 3 aromatic carbocycles. The molecular formula is C25H23ClF3N5O3. The summed E-state index contributed by atoms with van der Waals surface area (Å²) in [6, 6.07) is 16.1. The number of carbonyl (C=O) groups is 2. The van der Waals surface area contributed by atoms with Gasteiger partial charge in [-0.1, -0.05) is 35.9 Å². The van der Waals surface area contributed by atoms with E-state index in [1.165, 1.54) is 17.0 Å². The molecule has 194 valence electrons. The SMILES string of the molecule is NCc1cccc(NN(C(=O)Nc2ccc(N3CCOC(=O)C3)c(C(F)(F)F)c2)c2ccccc2Cl)c1. The summed E-state index contributed by atoms with van der Waals surface area (Å²) in [5, 5.41) is 3.84. The second-order valence-electron chi connectivity index (χ2n) is 8.10. The van der Waals surface area contributed by atoms with Gasteiger partial charge in [0.1, 0.15) is 13.2 Å². The number of nitrogens with zero attached hydrogens (tertiary/aromatic N) is 2. The van der Waals surface area contributed by atoms with Crippen LogP contribution < -0.4 is 26.4 Å². The molecule has 1 aliphatic rings. The lowest BCUT2D eigenvalue weighted by Crippen LogP contribution is -2.41. The molecule has 1 saturated heterocycles. The number of amides is 2. The number of hydrogen-bond donors (Lipinski definition) is 3. The normalized spacial score (nSPS) is 13.6. The van der Waals surface area contributed by atoms with Crippen LogP contribution in [0.25, 0.3) is 0 Å². The van der Waals surface area contributed by atoms with Crippen LogP contribution in [0.15, 0.2) is 66.7 Å². The van der Waals surface area contributed by atoms with Crippen molar-refractivity contribution in [3.8, 4) is 0 Å². The monoisotopic (exact) mass is 533 g/mol. The van der Waals surface area contributed by atoms with E-state index in [-0.39, 0.29) is 48.3 Å². The number of hydrogen-bond acceptors (Lipinski definition) is 6. The van der Waals surface area contributed by atoms with Crippen molar-refractivity contribution in [1.29, 1.82) is 0 Å². The van der Waals surface area contributed by atoms with Crippen LogP contribution in [0.1, 0.15) is 11.1 Å². The van der Waals surface area contributed by atoms with Crippen molar-refractivity contribution in [2.24, 2.45) is 5.73 Å². The molecule has 4 N–H and O–H groups in total. The molecule has 3 aromatic rings. The topological polar surface area (TPSA) is 99.9 Å². The van der Waals surface area contributed by atoms with Crippen molar-refractivity contribution in [2.75, 3.05) is 40.3 Å². The average Bonchev–Trinajstić information content (AvgIpc) is 2.87. The van der Waals surface area contributed by atoms with Crippen LogP contribution in [-0.4, -0.2) is 31.7 Å².